The second-order valence-electron chi connectivity index (χ2n) is 2.18. The van der Waals surface area contributed by atoms with Crippen molar-refractivity contribution < 1.29 is 0 Å². The Kier molecular flexibility index (Phi) is 2.37. The largest absolute Gasteiger partial charge is 0.120 e. The molecule has 0 bridgehead atoms. The SMILES string of the molecule is C#CCc1ccccc1C#C. The second kappa shape index (κ2) is 3.49. The van der Waals surface area contributed by atoms with E-state index < -0.39 is 0 Å². The molecule has 0 fully saturated rings. The highest BCUT2D eigenvalue weighted by molar-refractivity contribution is 5.41. The van der Waals surface area contributed by atoms with Crippen LogP contribution in [0.1, 0.15) is 11.1 Å². The summed E-state index contributed by atoms with van der Waals surface area (Å²) in [4.78, 5) is 0. The molecule has 1 aromatic rings. The fourth-order valence-corrected chi connectivity index (χ4v) is 0.925. The molecule has 0 aliphatic heterocycles. The van der Waals surface area contributed by atoms with Gasteiger partial charge in [0.15, 0.2) is 0 Å². The smallest absolute Gasteiger partial charge is 0.0350 e. The van der Waals surface area contributed by atoms with Crippen LogP contribution in [0.25, 0.3) is 0 Å². The average molecular weight is 140 g/mol. The van der Waals surface area contributed by atoms with Crippen molar-refractivity contribution in [1.82, 2.24) is 0 Å². The lowest BCUT2D eigenvalue weighted by Crippen LogP contribution is -1.86. The van der Waals surface area contributed by atoms with E-state index >= 15 is 0 Å². The minimum absolute atomic E-state index is 0.611. The molecule has 0 saturated carbocycles. The Labute approximate surface area is 67.3 Å². The standard InChI is InChI=1S/C11H8/c1-3-7-11-9-6-5-8-10(11)4-2/h1-2,5-6,8-9H,7H2. The van der Waals surface area contributed by atoms with E-state index in [1.54, 1.807) is 0 Å². The summed E-state index contributed by atoms with van der Waals surface area (Å²) >= 11 is 0. The number of benzene rings is 1. The predicted molar refractivity (Wildman–Crippen MR) is 46.9 cm³/mol. The third-order valence-electron chi connectivity index (χ3n) is 1.47. The fraction of sp³-hybridized carbons (Fsp3) is 0.0909. The van der Waals surface area contributed by atoms with Crippen LogP contribution in [0.3, 0.4) is 0 Å². The Bertz CT molecular complexity index is 321. The summed E-state index contributed by atoms with van der Waals surface area (Å²) in [6.07, 6.45) is 11.0. The van der Waals surface area contributed by atoms with Gasteiger partial charge in [-0.1, -0.05) is 24.1 Å². The molecule has 0 aliphatic rings. The van der Waals surface area contributed by atoms with Crippen molar-refractivity contribution in [2.24, 2.45) is 0 Å². The number of hydrogen-bond donors (Lipinski definition) is 0. The van der Waals surface area contributed by atoms with E-state index in [0.717, 1.165) is 11.1 Å². The molecule has 0 radical (unpaired) electrons. The second-order valence-corrected chi connectivity index (χ2v) is 2.18. The van der Waals surface area contributed by atoms with Crippen molar-refractivity contribution in [2.45, 2.75) is 6.42 Å². The highest BCUT2D eigenvalue weighted by Gasteiger charge is 1.94. The quantitative estimate of drug-likeness (QED) is 0.522. The van der Waals surface area contributed by atoms with Crippen LogP contribution in [-0.2, 0) is 6.42 Å². The number of hydrogen-bond acceptors (Lipinski definition) is 0. The highest BCUT2D eigenvalue weighted by atomic mass is 14.0. The average Bonchev–Trinajstić information content (AvgIpc) is 2.06. The summed E-state index contributed by atoms with van der Waals surface area (Å²) in [6.45, 7) is 0. The molecule has 0 aliphatic carbocycles. The molecule has 0 saturated heterocycles. The summed E-state index contributed by atoms with van der Waals surface area (Å²) in [7, 11) is 0. The van der Waals surface area contributed by atoms with Crippen LogP contribution < -0.4 is 0 Å². The zero-order valence-electron chi connectivity index (χ0n) is 6.17. The molecule has 0 spiro atoms. The zero-order valence-corrected chi connectivity index (χ0v) is 6.17. The summed E-state index contributed by atoms with van der Waals surface area (Å²) in [5.41, 5.74) is 1.95. The first kappa shape index (κ1) is 7.45. The first-order valence-corrected chi connectivity index (χ1v) is 3.36. The Morgan fingerprint density at radius 3 is 2.55 bits per heavy atom. The van der Waals surface area contributed by atoms with Gasteiger partial charge in [-0.05, 0) is 11.6 Å². The molecule has 0 heterocycles. The number of terminal acetylenes is 2. The molecule has 0 atom stereocenters. The first-order valence-electron chi connectivity index (χ1n) is 3.36. The van der Waals surface area contributed by atoms with Crippen LogP contribution in [0.2, 0.25) is 0 Å². The highest BCUT2D eigenvalue weighted by Crippen LogP contribution is 2.06. The van der Waals surface area contributed by atoms with Gasteiger partial charge in [0.2, 0.25) is 0 Å². The summed E-state index contributed by atoms with van der Waals surface area (Å²) in [5.74, 6) is 5.15. The van der Waals surface area contributed by atoms with Crippen molar-refractivity contribution >= 4 is 0 Å². The van der Waals surface area contributed by atoms with E-state index in [4.69, 9.17) is 12.8 Å². The molecular formula is C11H8. The molecule has 11 heavy (non-hydrogen) atoms. The normalized spacial score (nSPS) is 8.18. The Balaban J connectivity index is 3.07. The minimum atomic E-state index is 0.611. The van der Waals surface area contributed by atoms with Gasteiger partial charge >= 0.3 is 0 Å². The van der Waals surface area contributed by atoms with Gasteiger partial charge in [-0.15, -0.1) is 18.8 Å². The van der Waals surface area contributed by atoms with Gasteiger partial charge in [-0.3, -0.25) is 0 Å². The minimum Gasteiger partial charge on any atom is -0.120 e. The molecule has 0 unspecified atom stereocenters. The predicted octanol–water partition coefficient (Wildman–Crippen LogP) is 1.84. The molecule has 1 rings (SSSR count). The lowest BCUT2D eigenvalue weighted by atomic mass is 10.1. The van der Waals surface area contributed by atoms with Crippen LogP contribution in [-0.4, -0.2) is 0 Å². The summed E-state index contributed by atoms with van der Waals surface area (Å²) in [5, 5.41) is 0. The number of rotatable bonds is 1. The zero-order chi connectivity index (χ0) is 8.10. The van der Waals surface area contributed by atoms with Crippen LogP contribution >= 0.6 is 0 Å². The Morgan fingerprint density at radius 2 is 1.91 bits per heavy atom. The molecule has 0 nitrogen and oxygen atoms in total. The van der Waals surface area contributed by atoms with Gasteiger partial charge in [0.25, 0.3) is 0 Å². The van der Waals surface area contributed by atoms with Gasteiger partial charge in [0.05, 0.1) is 0 Å². The van der Waals surface area contributed by atoms with Crippen LogP contribution in [0.4, 0.5) is 0 Å². The van der Waals surface area contributed by atoms with Crippen molar-refractivity contribution in [2.75, 3.05) is 0 Å². The van der Waals surface area contributed by atoms with E-state index in [1.165, 1.54) is 0 Å². The lowest BCUT2D eigenvalue weighted by molar-refractivity contribution is 1.30. The lowest BCUT2D eigenvalue weighted by Gasteiger charge is -1.97. The maximum absolute atomic E-state index is 5.26. The van der Waals surface area contributed by atoms with Crippen molar-refractivity contribution in [3.63, 3.8) is 0 Å². The van der Waals surface area contributed by atoms with E-state index in [-0.39, 0.29) is 0 Å². The molecule has 52 valence electrons. The molecule has 1 aromatic carbocycles. The van der Waals surface area contributed by atoms with E-state index in [2.05, 4.69) is 11.8 Å². The third kappa shape index (κ3) is 1.63. The molecule has 0 amide bonds. The van der Waals surface area contributed by atoms with Crippen molar-refractivity contribution in [3.8, 4) is 24.7 Å². The van der Waals surface area contributed by atoms with Crippen molar-refractivity contribution in [1.29, 1.82) is 0 Å². The van der Waals surface area contributed by atoms with Crippen molar-refractivity contribution in [3.05, 3.63) is 35.4 Å². The molecule has 0 heteroatoms. The fourth-order valence-electron chi connectivity index (χ4n) is 0.925. The Hall–Kier alpha value is -1.66. The molecule has 0 aromatic heterocycles. The summed E-state index contributed by atoms with van der Waals surface area (Å²) in [6, 6.07) is 7.70. The first-order chi connectivity index (χ1) is 5.38. The monoisotopic (exact) mass is 140 g/mol. The van der Waals surface area contributed by atoms with Gasteiger partial charge in [-0.2, -0.15) is 0 Å². The van der Waals surface area contributed by atoms with Gasteiger partial charge < -0.3 is 0 Å². The van der Waals surface area contributed by atoms with E-state index in [1.807, 2.05) is 24.3 Å². The maximum Gasteiger partial charge on any atom is 0.0350 e. The van der Waals surface area contributed by atoms with E-state index in [0.29, 0.717) is 6.42 Å². The van der Waals surface area contributed by atoms with Gasteiger partial charge in [0.1, 0.15) is 0 Å². The van der Waals surface area contributed by atoms with Gasteiger partial charge in [-0.25, -0.2) is 0 Å². The summed E-state index contributed by atoms with van der Waals surface area (Å²) < 4.78 is 0. The van der Waals surface area contributed by atoms with E-state index in [9.17, 15) is 0 Å². The topological polar surface area (TPSA) is 0 Å². The molecular weight excluding hydrogens is 132 g/mol. The van der Waals surface area contributed by atoms with Crippen LogP contribution in [0, 0.1) is 24.7 Å². The van der Waals surface area contributed by atoms with Crippen LogP contribution in [0.5, 0.6) is 0 Å². The van der Waals surface area contributed by atoms with Gasteiger partial charge in [0, 0.05) is 12.0 Å². The maximum atomic E-state index is 5.26. The molecule has 0 N–H and O–H groups in total. The Morgan fingerprint density at radius 1 is 1.18 bits per heavy atom. The third-order valence-corrected chi connectivity index (χ3v) is 1.47. The van der Waals surface area contributed by atoms with Crippen LogP contribution in [0.15, 0.2) is 24.3 Å².